The molecule has 0 spiro atoms. The highest BCUT2D eigenvalue weighted by atomic mass is 16.5. The van der Waals surface area contributed by atoms with Gasteiger partial charge in [0, 0.05) is 24.7 Å². The lowest BCUT2D eigenvalue weighted by atomic mass is 10.1. The molecule has 0 aromatic heterocycles. The second-order valence-electron chi connectivity index (χ2n) is 5.76. The number of hydrogen-bond acceptors (Lipinski definition) is 3. The summed E-state index contributed by atoms with van der Waals surface area (Å²) in [6.07, 6.45) is 7.02. The van der Waals surface area contributed by atoms with E-state index in [0.717, 1.165) is 24.3 Å². The number of benzene rings is 1. The molecule has 112 valence electrons. The molecule has 4 nitrogen and oxygen atoms in total. The van der Waals surface area contributed by atoms with Crippen molar-refractivity contribution in [3.63, 3.8) is 0 Å². The van der Waals surface area contributed by atoms with Crippen LogP contribution in [0.2, 0.25) is 0 Å². The van der Waals surface area contributed by atoms with E-state index in [2.05, 4.69) is 10.2 Å². The first-order chi connectivity index (χ1) is 10.3. The Morgan fingerprint density at radius 2 is 2.10 bits per heavy atom. The molecular formula is C17H22N2O2. The Labute approximate surface area is 125 Å². The number of methoxy groups -OCH3 is 1. The molecule has 2 heterocycles. The Morgan fingerprint density at radius 3 is 2.86 bits per heavy atom. The monoisotopic (exact) mass is 286 g/mol. The van der Waals surface area contributed by atoms with Crippen molar-refractivity contribution in [1.29, 1.82) is 0 Å². The zero-order valence-electron chi connectivity index (χ0n) is 12.4. The average molecular weight is 286 g/mol. The van der Waals surface area contributed by atoms with Gasteiger partial charge in [0.1, 0.15) is 5.75 Å². The molecule has 2 atom stereocenters. The molecule has 0 saturated carbocycles. The first-order valence-corrected chi connectivity index (χ1v) is 7.63. The lowest BCUT2D eigenvalue weighted by molar-refractivity contribution is -0.117. The minimum absolute atomic E-state index is 0.00423. The summed E-state index contributed by atoms with van der Waals surface area (Å²) in [6, 6.07) is 8.55. The number of carbonyl (C=O) groups is 1. The van der Waals surface area contributed by atoms with Gasteiger partial charge in [0.25, 0.3) is 0 Å². The number of carbonyl (C=O) groups excluding carboxylic acids is 1. The minimum atomic E-state index is 0.00423. The number of fused-ring (bicyclic) bond motifs is 1. The SMILES string of the molecule is COc1ccc(/C=C/C(=O)N[C@H]2CCN3CCC[C@H]23)cc1. The van der Waals surface area contributed by atoms with Crippen LogP contribution < -0.4 is 10.1 Å². The number of hydrogen-bond donors (Lipinski definition) is 1. The van der Waals surface area contributed by atoms with E-state index in [0.29, 0.717) is 12.1 Å². The number of rotatable bonds is 4. The number of nitrogens with one attached hydrogen (secondary N) is 1. The third-order valence-corrected chi connectivity index (χ3v) is 4.48. The van der Waals surface area contributed by atoms with Crippen LogP contribution >= 0.6 is 0 Å². The molecule has 1 aromatic carbocycles. The van der Waals surface area contributed by atoms with Crippen LogP contribution in [0, 0.1) is 0 Å². The Bertz CT molecular complexity index is 524. The molecule has 1 N–H and O–H groups in total. The highest BCUT2D eigenvalue weighted by Crippen LogP contribution is 2.27. The predicted octanol–water partition coefficient (Wildman–Crippen LogP) is 2.06. The summed E-state index contributed by atoms with van der Waals surface area (Å²) in [4.78, 5) is 14.5. The van der Waals surface area contributed by atoms with E-state index >= 15 is 0 Å². The third-order valence-electron chi connectivity index (χ3n) is 4.48. The predicted molar refractivity (Wildman–Crippen MR) is 83.2 cm³/mol. The van der Waals surface area contributed by atoms with Crippen molar-refractivity contribution < 1.29 is 9.53 Å². The summed E-state index contributed by atoms with van der Waals surface area (Å²) in [7, 11) is 1.65. The molecule has 2 aliphatic heterocycles. The van der Waals surface area contributed by atoms with Gasteiger partial charge in [0.05, 0.1) is 7.11 Å². The topological polar surface area (TPSA) is 41.6 Å². The fourth-order valence-electron chi connectivity index (χ4n) is 3.37. The van der Waals surface area contributed by atoms with E-state index < -0.39 is 0 Å². The Balaban J connectivity index is 1.54. The van der Waals surface area contributed by atoms with Crippen LogP contribution in [0.4, 0.5) is 0 Å². The molecule has 0 aliphatic carbocycles. The van der Waals surface area contributed by atoms with Crippen LogP contribution in [0.3, 0.4) is 0 Å². The van der Waals surface area contributed by atoms with Gasteiger partial charge in [-0.1, -0.05) is 12.1 Å². The van der Waals surface area contributed by atoms with E-state index in [1.807, 2.05) is 30.3 Å². The third kappa shape index (κ3) is 3.27. The average Bonchev–Trinajstić information content (AvgIpc) is 3.11. The van der Waals surface area contributed by atoms with Gasteiger partial charge in [-0.2, -0.15) is 0 Å². The van der Waals surface area contributed by atoms with E-state index in [-0.39, 0.29) is 5.91 Å². The molecular weight excluding hydrogens is 264 g/mol. The van der Waals surface area contributed by atoms with Gasteiger partial charge in [-0.05, 0) is 49.6 Å². The second-order valence-corrected chi connectivity index (χ2v) is 5.76. The van der Waals surface area contributed by atoms with E-state index in [4.69, 9.17) is 4.74 Å². The summed E-state index contributed by atoms with van der Waals surface area (Å²) in [6.45, 7) is 2.32. The van der Waals surface area contributed by atoms with E-state index in [9.17, 15) is 4.79 Å². The fourth-order valence-corrected chi connectivity index (χ4v) is 3.37. The molecule has 1 amide bonds. The molecule has 0 radical (unpaired) electrons. The highest BCUT2D eigenvalue weighted by molar-refractivity contribution is 5.92. The summed E-state index contributed by atoms with van der Waals surface area (Å²) < 4.78 is 5.12. The Morgan fingerprint density at radius 1 is 1.29 bits per heavy atom. The zero-order valence-corrected chi connectivity index (χ0v) is 12.4. The Kier molecular flexibility index (Phi) is 4.25. The smallest absolute Gasteiger partial charge is 0.244 e. The van der Waals surface area contributed by atoms with Gasteiger partial charge in [-0.25, -0.2) is 0 Å². The van der Waals surface area contributed by atoms with Gasteiger partial charge in [0.15, 0.2) is 0 Å². The quantitative estimate of drug-likeness (QED) is 0.862. The van der Waals surface area contributed by atoms with E-state index in [1.54, 1.807) is 13.2 Å². The van der Waals surface area contributed by atoms with Crippen molar-refractivity contribution in [3.8, 4) is 5.75 Å². The van der Waals surface area contributed by atoms with Crippen molar-refractivity contribution in [1.82, 2.24) is 10.2 Å². The lowest BCUT2D eigenvalue weighted by Gasteiger charge is -2.20. The van der Waals surface area contributed by atoms with Gasteiger partial charge in [-0.3, -0.25) is 9.69 Å². The maximum Gasteiger partial charge on any atom is 0.244 e. The van der Waals surface area contributed by atoms with Crippen LogP contribution in [0.15, 0.2) is 30.3 Å². The van der Waals surface area contributed by atoms with Crippen LogP contribution in [0.25, 0.3) is 6.08 Å². The van der Waals surface area contributed by atoms with Crippen molar-refractivity contribution in [2.75, 3.05) is 20.2 Å². The molecule has 4 heteroatoms. The highest BCUT2D eigenvalue weighted by Gasteiger charge is 2.37. The van der Waals surface area contributed by atoms with Crippen molar-refractivity contribution in [2.45, 2.75) is 31.3 Å². The number of ether oxygens (including phenoxy) is 1. The van der Waals surface area contributed by atoms with Crippen LogP contribution in [-0.4, -0.2) is 43.1 Å². The summed E-state index contributed by atoms with van der Waals surface area (Å²) in [5.74, 6) is 0.827. The molecule has 0 bridgehead atoms. The lowest BCUT2D eigenvalue weighted by Crippen LogP contribution is -2.41. The number of nitrogens with zero attached hydrogens (tertiary/aromatic N) is 1. The summed E-state index contributed by atoms with van der Waals surface area (Å²) in [5.41, 5.74) is 1.000. The van der Waals surface area contributed by atoms with Crippen molar-refractivity contribution >= 4 is 12.0 Å². The van der Waals surface area contributed by atoms with Gasteiger partial charge >= 0.3 is 0 Å². The second kappa shape index (κ2) is 6.31. The standard InChI is InChI=1S/C17H22N2O2/c1-21-14-7-4-13(5-8-14)6-9-17(20)18-15-10-12-19-11-2-3-16(15)19/h4-9,15-16H,2-3,10-12H2,1H3,(H,18,20)/b9-6+/t15-,16+/m0/s1. The first kappa shape index (κ1) is 14.1. The van der Waals surface area contributed by atoms with E-state index in [1.165, 1.54) is 19.4 Å². The molecule has 3 rings (SSSR count). The maximum atomic E-state index is 12.0. The van der Waals surface area contributed by atoms with Crippen LogP contribution in [-0.2, 0) is 4.79 Å². The maximum absolute atomic E-state index is 12.0. The summed E-state index contributed by atoms with van der Waals surface area (Å²) in [5, 5.41) is 3.15. The van der Waals surface area contributed by atoms with Crippen molar-refractivity contribution in [3.05, 3.63) is 35.9 Å². The first-order valence-electron chi connectivity index (χ1n) is 7.63. The van der Waals surface area contributed by atoms with Gasteiger partial charge < -0.3 is 10.1 Å². The molecule has 1 aromatic rings. The van der Waals surface area contributed by atoms with Crippen LogP contribution in [0.1, 0.15) is 24.8 Å². The summed E-state index contributed by atoms with van der Waals surface area (Å²) >= 11 is 0. The molecule has 21 heavy (non-hydrogen) atoms. The molecule has 2 aliphatic rings. The van der Waals surface area contributed by atoms with Crippen molar-refractivity contribution in [2.24, 2.45) is 0 Å². The molecule has 2 saturated heterocycles. The van der Waals surface area contributed by atoms with Gasteiger partial charge in [0.2, 0.25) is 5.91 Å². The fraction of sp³-hybridized carbons (Fsp3) is 0.471. The Hall–Kier alpha value is -1.81. The molecule has 0 unspecified atom stereocenters. The molecule has 2 fully saturated rings. The zero-order chi connectivity index (χ0) is 14.7. The minimum Gasteiger partial charge on any atom is -0.497 e. The van der Waals surface area contributed by atoms with Crippen LogP contribution in [0.5, 0.6) is 5.75 Å². The van der Waals surface area contributed by atoms with Gasteiger partial charge in [-0.15, -0.1) is 0 Å². The normalized spacial score (nSPS) is 25.2. The largest absolute Gasteiger partial charge is 0.497 e. The number of amides is 1.